The Kier molecular flexibility index (Phi) is 5.37. The number of hydrogen-bond donors (Lipinski definition) is 1. The van der Waals surface area contributed by atoms with Crippen LogP contribution in [0.1, 0.15) is 25.5 Å². The summed E-state index contributed by atoms with van der Waals surface area (Å²) in [5, 5.41) is 10.3. The second-order valence-corrected chi connectivity index (χ2v) is 8.09. The molecule has 0 bridgehead atoms. The number of aromatic hydroxyl groups is 1. The predicted molar refractivity (Wildman–Crippen MR) is 131 cm³/mol. The minimum Gasteiger partial charge on any atom is -0.493 e. The molecular formula is C25H25N7O2. The molecular weight excluding hydrogens is 430 g/mol. The third-order valence-electron chi connectivity index (χ3n) is 6.12. The number of aromatic nitrogens is 6. The molecule has 3 heterocycles. The molecule has 0 unspecified atom stereocenters. The van der Waals surface area contributed by atoms with E-state index in [2.05, 4.69) is 29.0 Å². The second kappa shape index (κ2) is 8.51. The molecule has 0 spiro atoms. The summed E-state index contributed by atoms with van der Waals surface area (Å²) < 4.78 is 4.60. The van der Waals surface area contributed by atoms with Crippen LogP contribution in [0.25, 0.3) is 22.5 Å². The molecule has 2 aromatic carbocycles. The van der Waals surface area contributed by atoms with Crippen LogP contribution in [0.15, 0.2) is 78.1 Å². The number of benzene rings is 2. The minimum atomic E-state index is -0.296. The van der Waals surface area contributed by atoms with Crippen LogP contribution in [0.4, 0.5) is 5.95 Å². The summed E-state index contributed by atoms with van der Waals surface area (Å²) in [6.07, 6.45) is 4.86. The molecule has 0 aliphatic rings. The van der Waals surface area contributed by atoms with Gasteiger partial charge in [-0.2, -0.15) is 4.98 Å². The highest BCUT2D eigenvalue weighted by Gasteiger charge is 2.17. The fraction of sp³-hybridized carbons (Fsp3) is 0.200. The Morgan fingerprint density at radius 2 is 1.88 bits per heavy atom. The maximum Gasteiger partial charge on any atom is 0.335 e. The number of rotatable bonds is 6. The molecule has 0 saturated carbocycles. The highest BCUT2D eigenvalue weighted by atomic mass is 16.3. The summed E-state index contributed by atoms with van der Waals surface area (Å²) in [7, 11) is 1.97. The first-order chi connectivity index (χ1) is 16.5. The van der Waals surface area contributed by atoms with Gasteiger partial charge in [-0.15, -0.1) is 0 Å². The number of imidazole rings is 2. The summed E-state index contributed by atoms with van der Waals surface area (Å²) in [6, 6.07) is 17.6. The van der Waals surface area contributed by atoms with Crippen LogP contribution in [0.2, 0.25) is 0 Å². The molecule has 0 amide bonds. The minimum absolute atomic E-state index is 0.0972. The van der Waals surface area contributed by atoms with E-state index in [4.69, 9.17) is 4.98 Å². The van der Waals surface area contributed by atoms with Gasteiger partial charge < -0.3 is 10.0 Å². The highest BCUT2D eigenvalue weighted by Crippen LogP contribution is 2.25. The van der Waals surface area contributed by atoms with Crippen molar-refractivity contribution in [3.05, 3.63) is 89.4 Å². The zero-order valence-corrected chi connectivity index (χ0v) is 19.2. The second-order valence-electron chi connectivity index (χ2n) is 8.09. The van der Waals surface area contributed by atoms with Crippen molar-refractivity contribution >= 4 is 17.0 Å². The molecule has 0 aliphatic heterocycles. The zero-order chi connectivity index (χ0) is 23.8. The number of nitrogens with zero attached hydrogens (tertiary/aromatic N) is 7. The van der Waals surface area contributed by atoms with E-state index in [0.29, 0.717) is 29.5 Å². The van der Waals surface area contributed by atoms with Crippen LogP contribution in [0.3, 0.4) is 0 Å². The van der Waals surface area contributed by atoms with E-state index in [1.165, 1.54) is 20.9 Å². The van der Waals surface area contributed by atoms with E-state index in [1.807, 2.05) is 53.8 Å². The van der Waals surface area contributed by atoms with E-state index < -0.39 is 0 Å². The van der Waals surface area contributed by atoms with Crippen molar-refractivity contribution in [3.63, 3.8) is 0 Å². The van der Waals surface area contributed by atoms with E-state index >= 15 is 0 Å². The van der Waals surface area contributed by atoms with Gasteiger partial charge in [0.25, 0.3) is 0 Å². The topological polar surface area (TPSA) is 94.0 Å². The van der Waals surface area contributed by atoms with Gasteiger partial charge in [0.15, 0.2) is 0 Å². The molecule has 34 heavy (non-hydrogen) atoms. The molecule has 5 aromatic rings. The van der Waals surface area contributed by atoms with Gasteiger partial charge in [-0.05, 0) is 43.7 Å². The quantitative estimate of drug-likeness (QED) is 0.420. The van der Waals surface area contributed by atoms with Gasteiger partial charge in [0.05, 0.1) is 29.0 Å². The summed E-state index contributed by atoms with van der Waals surface area (Å²) >= 11 is 0. The molecule has 9 heteroatoms. The molecule has 0 saturated heterocycles. The predicted octanol–water partition coefficient (Wildman–Crippen LogP) is 3.69. The Balaban J connectivity index is 1.50. The Bertz CT molecular complexity index is 1520. The molecule has 0 fully saturated rings. The highest BCUT2D eigenvalue weighted by molar-refractivity contribution is 5.79. The Morgan fingerprint density at radius 1 is 1.09 bits per heavy atom. The smallest absolute Gasteiger partial charge is 0.335 e. The van der Waals surface area contributed by atoms with Crippen molar-refractivity contribution in [2.75, 3.05) is 11.9 Å². The third kappa shape index (κ3) is 3.61. The summed E-state index contributed by atoms with van der Waals surface area (Å²) in [4.78, 5) is 28.3. The lowest BCUT2D eigenvalue weighted by atomic mass is 10.1. The average Bonchev–Trinajstić information content (AvgIpc) is 3.42. The standard InChI is InChI=1S/C25H25N7O2/c1-4-30-15-23(33)32(25(30)34)19-10-11-21-20(14-19)27-16-31(21)22-12-13-26-24(28-22)29(3)17(2)18-8-6-5-7-9-18/h5-17,33H,4H2,1-3H3/t17-/m0/s1. The molecule has 1 N–H and O–H groups in total. The number of anilines is 1. The van der Waals surface area contributed by atoms with Crippen LogP contribution >= 0.6 is 0 Å². The molecule has 9 nitrogen and oxygen atoms in total. The van der Waals surface area contributed by atoms with Crippen LogP contribution < -0.4 is 10.6 Å². The maximum atomic E-state index is 12.6. The van der Waals surface area contributed by atoms with Crippen LogP contribution in [-0.4, -0.2) is 40.8 Å². The molecule has 3 aromatic heterocycles. The number of fused-ring (bicyclic) bond motifs is 1. The SMILES string of the molecule is CCn1cc(O)n(-c2ccc3c(c2)ncn3-c2ccnc(N(C)[C@@H](C)c3ccccc3)n2)c1=O. The lowest BCUT2D eigenvalue weighted by molar-refractivity contribution is 0.441. The van der Waals surface area contributed by atoms with E-state index in [9.17, 15) is 9.90 Å². The molecule has 0 aliphatic carbocycles. The van der Waals surface area contributed by atoms with Crippen molar-refractivity contribution < 1.29 is 5.11 Å². The van der Waals surface area contributed by atoms with Crippen LogP contribution in [0.5, 0.6) is 5.88 Å². The van der Waals surface area contributed by atoms with Gasteiger partial charge in [0, 0.05) is 19.8 Å². The first-order valence-electron chi connectivity index (χ1n) is 11.1. The van der Waals surface area contributed by atoms with E-state index in [-0.39, 0.29) is 17.6 Å². The van der Waals surface area contributed by atoms with Crippen molar-refractivity contribution in [3.8, 4) is 17.4 Å². The van der Waals surface area contributed by atoms with Gasteiger partial charge >= 0.3 is 5.69 Å². The average molecular weight is 456 g/mol. The van der Waals surface area contributed by atoms with Gasteiger partial charge in [0.1, 0.15) is 12.1 Å². The molecule has 1 atom stereocenters. The summed E-state index contributed by atoms with van der Waals surface area (Å²) in [6.45, 7) is 4.44. The van der Waals surface area contributed by atoms with E-state index in [0.717, 1.165) is 5.52 Å². The van der Waals surface area contributed by atoms with Gasteiger partial charge in [-0.1, -0.05) is 30.3 Å². The van der Waals surface area contributed by atoms with Crippen molar-refractivity contribution in [1.29, 1.82) is 0 Å². The Morgan fingerprint density at radius 3 is 2.62 bits per heavy atom. The van der Waals surface area contributed by atoms with Crippen LogP contribution in [0, 0.1) is 0 Å². The van der Waals surface area contributed by atoms with Crippen molar-refractivity contribution in [2.24, 2.45) is 0 Å². The Hall–Kier alpha value is -4.40. The fourth-order valence-corrected chi connectivity index (χ4v) is 4.04. The van der Waals surface area contributed by atoms with Crippen molar-refractivity contribution in [2.45, 2.75) is 26.4 Å². The third-order valence-corrected chi connectivity index (χ3v) is 6.12. The van der Waals surface area contributed by atoms with Crippen molar-refractivity contribution in [1.82, 2.24) is 28.7 Å². The fourth-order valence-electron chi connectivity index (χ4n) is 4.04. The summed E-state index contributed by atoms with van der Waals surface area (Å²) in [5.41, 5.74) is 2.94. The monoisotopic (exact) mass is 455 g/mol. The first-order valence-corrected chi connectivity index (χ1v) is 11.1. The number of aryl methyl sites for hydroxylation is 1. The summed E-state index contributed by atoms with van der Waals surface area (Å²) in [5.74, 6) is 1.18. The lowest BCUT2D eigenvalue weighted by Crippen LogP contribution is -2.24. The molecule has 172 valence electrons. The van der Waals surface area contributed by atoms with Gasteiger partial charge in [-0.3, -0.25) is 9.13 Å². The normalized spacial score (nSPS) is 12.2. The Labute approximate surface area is 196 Å². The van der Waals surface area contributed by atoms with Gasteiger partial charge in [-0.25, -0.2) is 19.3 Å². The molecule has 0 radical (unpaired) electrons. The largest absolute Gasteiger partial charge is 0.493 e. The van der Waals surface area contributed by atoms with E-state index in [1.54, 1.807) is 24.7 Å². The lowest BCUT2D eigenvalue weighted by Gasteiger charge is -2.25. The zero-order valence-electron chi connectivity index (χ0n) is 19.2. The number of hydrogen-bond acceptors (Lipinski definition) is 6. The van der Waals surface area contributed by atoms with Crippen LogP contribution in [-0.2, 0) is 6.54 Å². The van der Waals surface area contributed by atoms with Gasteiger partial charge in [0.2, 0.25) is 11.8 Å². The molecule has 5 rings (SSSR count). The first kappa shape index (κ1) is 21.4. The maximum absolute atomic E-state index is 12.6.